The van der Waals surface area contributed by atoms with Crippen molar-refractivity contribution in [2.45, 2.75) is 25.7 Å². The van der Waals surface area contributed by atoms with Crippen LogP contribution in [-0.2, 0) is 0 Å². The molecule has 0 radical (unpaired) electrons. The summed E-state index contributed by atoms with van der Waals surface area (Å²) in [4.78, 5) is 17.9. The number of hydrogen-bond donors (Lipinski definition) is 1. The van der Waals surface area contributed by atoms with Gasteiger partial charge in [0, 0.05) is 52.2 Å². The summed E-state index contributed by atoms with van der Waals surface area (Å²) >= 11 is 0. The van der Waals surface area contributed by atoms with E-state index in [4.69, 9.17) is 0 Å². The maximum absolute atomic E-state index is 4.52. The Morgan fingerprint density at radius 1 is 1.12 bits per heavy atom. The molecular weight excluding hydrogens is 300 g/mol. The number of aliphatic imine (C=N–C) groups is 1. The molecule has 2 saturated carbocycles. The predicted molar refractivity (Wildman–Crippen MR) is 96.1 cm³/mol. The summed E-state index contributed by atoms with van der Waals surface area (Å²) in [7, 11) is 1.90. The summed E-state index contributed by atoms with van der Waals surface area (Å²) < 4.78 is 0. The van der Waals surface area contributed by atoms with Gasteiger partial charge in [-0.05, 0) is 49.5 Å². The highest BCUT2D eigenvalue weighted by Gasteiger charge is 2.41. The van der Waals surface area contributed by atoms with Crippen LogP contribution in [0.15, 0.2) is 23.5 Å². The minimum Gasteiger partial charge on any atom is -0.356 e. The number of guanidine groups is 1. The van der Waals surface area contributed by atoms with Crippen molar-refractivity contribution in [3.05, 3.63) is 18.5 Å². The van der Waals surface area contributed by atoms with Crippen molar-refractivity contribution in [3.8, 4) is 0 Å². The zero-order valence-corrected chi connectivity index (χ0v) is 14.6. The van der Waals surface area contributed by atoms with E-state index >= 15 is 0 Å². The van der Waals surface area contributed by atoms with E-state index in [1.807, 2.05) is 25.5 Å². The van der Waals surface area contributed by atoms with Crippen LogP contribution in [0.2, 0.25) is 0 Å². The van der Waals surface area contributed by atoms with Gasteiger partial charge in [0.1, 0.15) is 0 Å². The number of anilines is 1. The van der Waals surface area contributed by atoms with Crippen molar-refractivity contribution < 1.29 is 0 Å². The van der Waals surface area contributed by atoms with Gasteiger partial charge in [-0.25, -0.2) is 9.97 Å². The highest BCUT2D eigenvalue weighted by Crippen LogP contribution is 2.48. The van der Waals surface area contributed by atoms with E-state index in [1.165, 1.54) is 25.7 Å². The van der Waals surface area contributed by atoms with Gasteiger partial charge in [0.05, 0.1) is 0 Å². The number of aromatic nitrogens is 2. The first kappa shape index (κ1) is 15.7. The average molecular weight is 328 g/mol. The van der Waals surface area contributed by atoms with Crippen molar-refractivity contribution in [1.29, 1.82) is 0 Å². The van der Waals surface area contributed by atoms with Gasteiger partial charge in [0.25, 0.3) is 0 Å². The van der Waals surface area contributed by atoms with Crippen molar-refractivity contribution in [1.82, 2.24) is 20.2 Å². The third kappa shape index (κ3) is 3.62. The van der Waals surface area contributed by atoms with Crippen LogP contribution >= 0.6 is 0 Å². The lowest BCUT2D eigenvalue weighted by atomic mass is 9.98. The lowest BCUT2D eigenvalue weighted by Crippen LogP contribution is -2.53. The van der Waals surface area contributed by atoms with E-state index in [0.717, 1.165) is 62.4 Å². The highest BCUT2D eigenvalue weighted by molar-refractivity contribution is 5.80. The predicted octanol–water partition coefficient (Wildman–Crippen LogP) is 1.61. The van der Waals surface area contributed by atoms with Gasteiger partial charge >= 0.3 is 0 Å². The summed E-state index contributed by atoms with van der Waals surface area (Å²) in [5.41, 5.74) is 0. The second kappa shape index (κ2) is 6.95. The molecule has 0 unspecified atom stereocenters. The van der Waals surface area contributed by atoms with Crippen LogP contribution < -0.4 is 10.2 Å². The Bertz CT molecular complexity index is 546. The average Bonchev–Trinajstić information content (AvgIpc) is 3.54. The maximum Gasteiger partial charge on any atom is 0.225 e. The molecular formula is C18H28N6. The van der Waals surface area contributed by atoms with E-state index < -0.39 is 0 Å². The monoisotopic (exact) mass is 328 g/mol. The topological polar surface area (TPSA) is 56.7 Å². The molecule has 1 aliphatic heterocycles. The van der Waals surface area contributed by atoms with Crippen LogP contribution in [0.25, 0.3) is 0 Å². The zero-order valence-electron chi connectivity index (χ0n) is 14.6. The number of nitrogens with one attached hydrogen (secondary N) is 1. The van der Waals surface area contributed by atoms with Crippen molar-refractivity contribution in [2.75, 3.05) is 44.7 Å². The van der Waals surface area contributed by atoms with Crippen LogP contribution in [0.3, 0.4) is 0 Å². The van der Waals surface area contributed by atoms with Gasteiger partial charge in [-0.15, -0.1) is 0 Å². The molecule has 0 atom stereocenters. The molecule has 4 rings (SSSR count). The van der Waals surface area contributed by atoms with Crippen LogP contribution in [-0.4, -0.2) is 60.6 Å². The minimum atomic E-state index is 0.836. The summed E-state index contributed by atoms with van der Waals surface area (Å²) in [6.45, 7) is 4.92. The Labute approximate surface area is 144 Å². The van der Waals surface area contributed by atoms with Crippen LogP contribution in [0.4, 0.5) is 5.95 Å². The molecule has 0 spiro atoms. The molecule has 24 heavy (non-hydrogen) atoms. The van der Waals surface area contributed by atoms with Crippen LogP contribution in [0.5, 0.6) is 0 Å². The van der Waals surface area contributed by atoms with E-state index in [2.05, 4.69) is 30.1 Å². The van der Waals surface area contributed by atoms with Gasteiger partial charge in [-0.3, -0.25) is 4.99 Å². The smallest absolute Gasteiger partial charge is 0.225 e. The lowest BCUT2D eigenvalue weighted by Gasteiger charge is -2.36. The molecule has 6 heteroatoms. The Hall–Kier alpha value is -1.85. The lowest BCUT2D eigenvalue weighted by molar-refractivity contribution is 0.352. The first-order chi connectivity index (χ1) is 11.8. The van der Waals surface area contributed by atoms with Crippen molar-refractivity contribution in [3.63, 3.8) is 0 Å². The van der Waals surface area contributed by atoms with E-state index in [-0.39, 0.29) is 0 Å². The Morgan fingerprint density at radius 3 is 2.29 bits per heavy atom. The molecule has 1 aromatic heterocycles. The molecule has 1 aromatic rings. The van der Waals surface area contributed by atoms with Gasteiger partial charge in [-0.2, -0.15) is 0 Å². The van der Waals surface area contributed by atoms with Gasteiger partial charge in [0.15, 0.2) is 5.96 Å². The molecule has 3 aliphatic rings. The Kier molecular flexibility index (Phi) is 4.54. The summed E-state index contributed by atoms with van der Waals surface area (Å²) in [5.74, 6) is 4.74. The van der Waals surface area contributed by atoms with Crippen molar-refractivity contribution in [2.24, 2.45) is 22.7 Å². The van der Waals surface area contributed by atoms with Crippen LogP contribution in [0.1, 0.15) is 25.7 Å². The molecule has 1 N–H and O–H groups in total. The fraction of sp³-hybridized carbons (Fsp3) is 0.722. The minimum absolute atomic E-state index is 0.836. The fourth-order valence-corrected chi connectivity index (χ4v) is 3.88. The Morgan fingerprint density at radius 2 is 1.75 bits per heavy atom. The molecule has 6 nitrogen and oxygen atoms in total. The Balaban J connectivity index is 1.28. The summed E-state index contributed by atoms with van der Waals surface area (Å²) in [6.07, 6.45) is 9.39. The van der Waals surface area contributed by atoms with Gasteiger partial charge in [-0.1, -0.05) is 0 Å². The van der Waals surface area contributed by atoms with Crippen LogP contribution in [0, 0.1) is 17.8 Å². The molecule has 0 bridgehead atoms. The first-order valence-electron chi connectivity index (χ1n) is 9.32. The van der Waals surface area contributed by atoms with Gasteiger partial charge < -0.3 is 15.1 Å². The molecule has 3 fully saturated rings. The van der Waals surface area contributed by atoms with Crippen molar-refractivity contribution >= 4 is 11.9 Å². The molecule has 130 valence electrons. The third-order valence-electron chi connectivity index (χ3n) is 5.58. The zero-order chi connectivity index (χ0) is 16.4. The molecule has 2 heterocycles. The SMILES string of the molecule is CN=C(NCC(C1CC1)C1CC1)N1CCN(c2ncccn2)CC1. The second-order valence-corrected chi connectivity index (χ2v) is 7.29. The molecule has 1 saturated heterocycles. The van der Waals surface area contributed by atoms with E-state index in [9.17, 15) is 0 Å². The van der Waals surface area contributed by atoms with Gasteiger partial charge in [0.2, 0.25) is 5.95 Å². The standard InChI is InChI=1S/C18H28N6/c1-19-17(22-13-16(14-3-4-14)15-5-6-15)23-9-11-24(12-10-23)18-20-7-2-8-21-18/h2,7-8,14-16H,3-6,9-13H2,1H3,(H,19,22). The summed E-state index contributed by atoms with van der Waals surface area (Å²) in [6, 6.07) is 1.86. The summed E-state index contributed by atoms with van der Waals surface area (Å²) in [5, 5.41) is 3.66. The molecule has 2 aliphatic carbocycles. The van der Waals surface area contributed by atoms with E-state index in [1.54, 1.807) is 0 Å². The number of rotatable bonds is 5. The fourth-order valence-electron chi connectivity index (χ4n) is 3.88. The maximum atomic E-state index is 4.52. The number of hydrogen-bond acceptors (Lipinski definition) is 4. The first-order valence-corrected chi connectivity index (χ1v) is 9.32. The van der Waals surface area contributed by atoms with E-state index in [0.29, 0.717) is 0 Å². The highest BCUT2D eigenvalue weighted by atomic mass is 15.4. The largest absolute Gasteiger partial charge is 0.356 e. The quantitative estimate of drug-likeness (QED) is 0.657. The second-order valence-electron chi connectivity index (χ2n) is 7.29. The third-order valence-corrected chi connectivity index (χ3v) is 5.58. The molecule has 0 amide bonds. The molecule has 0 aromatic carbocycles. The number of nitrogens with zero attached hydrogens (tertiary/aromatic N) is 5. The number of piperazine rings is 1. The normalized spacial score (nSPS) is 22.2.